The maximum atomic E-state index is 11.7. The third-order valence-corrected chi connectivity index (χ3v) is 3.12. The van der Waals surface area contributed by atoms with Crippen LogP contribution in [0.5, 0.6) is 11.5 Å². The number of pyridine rings is 1. The zero-order valence-electron chi connectivity index (χ0n) is 11.8. The van der Waals surface area contributed by atoms with E-state index in [0.29, 0.717) is 12.4 Å². The molecule has 7 heteroatoms. The van der Waals surface area contributed by atoms with E-state index < -0.39 is 21.9 Å². The van der Waals surface area contributed by atoms with E-state index in [9.17, 15) is 20.0 Å². The second-order valence-corrected chi connectivity index (χ2v) is 4.61. The van der Waals surface area contributed by atoms with Crippen LogP contribution in [-0.2, 0) is 6.42 Å². The molecular weight excluding hydrogens is 276 g/mol. The molecule has 0 atom stereocenters. The highest BCUT2D eigenvalue weighted by Crippen LogP contribution is 2.35. The van der Waals surface area contributed by atoms with Crippen molar-refractivity contribution in [3.8, 4) is 11.5 Å². The molecule has 0 amide bonds. The Bertz CT molecular complexity index is 751. The Labute approximate surface area is 120 Å². The van der Waals surface area contributed by atoms with E-state index in [0.717, 1.165) is 18.4 Å². The van der Waals surface area contributed by atoms with Gasteiger partial charge in [0.05, 0.1) is 22.4 Å². The first-order valence-corrected chi connectivity index (χ1v) is 6.68. The fourth-order valence-electron chi connectivity index (χ4n) is 2.27. The minimum atomic E-state index is -0.950. The van der Waals surface area contributed by atoms with Gasteiger partial charge in [0.25, 0.3) is 0 Å². The summed E-state index contributed by atoms with van der Waals surface area (Å²) in [5.74, 6) is -0.224. The lowest BCUT2D eigenvalue weighted by molar-refractivity contribution is -0.387. The van der Waals surface area contributed by atoms with Gasteiger partial charge in [0.1, 0.15) is 5.75 Å². The van der Waals surface area contributed by atoms with Crippen LogP contribution in [0.3, 0.4) is 0 Å². The van der Waals surface area contributed by atoms with E-state index >= 15 is 0 Å². The predicted molar refractivity (Wildman–Crippen MR) is 78.1 cm³/mol. The molecule has 0 radical (unpaired) electrons. The van der Waals surface area contributed by atoms with Gasteiger partial charge in [0, 0.05) is 0 Å². The standard InChI is InChI=1S/C14H16N2O5/c1-3-5-8-6-9-11(10(7-8)21-4-2)15-14(18)12(13(9)17)16(19)20/h6-7H,3-5H2,1-2H3,(H2,15,17,18). The molecule has 0 saturated carbocycles. The van der Waals surface area contributed by atoms with Gasteiger partial charge < -0.3 is 14.8 Å². The van der Waals surface area contributed by atoms with Gasteiger partial charge in [-0.3, -0.25) is 14.9 Å². The fraction of sp³-hybridized carbons (Fsp3) is 0.357. The second-order valence-electron chi connectivity index (χ2n) is 4.61. The summed E-state index contributed by atoms with van der Waals surface area (Å²) in [6.45, 7) is 4.17. The van der Waals surface area contributed by atoms with Gasteiger partial charge in [-0.25, -0.2) is 0 Å². The number of aryl methyl sites for hydroxylation is 1. The monoisotopic (exact) mass is 292 g/mol. The highest BCUT2D eigenvalue weighted by Gasteiger charge is 2.24. The summed E-state index contributed by atoms with van der Waals surface area (Å²) >= 11 is 0. The van der Waals surface area contributed by atoms with E-state index in [1.165, 1.54) is 0 Å². The quantitative estimate of drug-likeness (QED) is 0.650. The molecule has 1 aromatic carbocycles. The van der Waals surface area contributed by atoms with Crippen molar-refractivity contribution in [3.05, 3.63) is 38.2 Å². The van der Waals surface area contributed by atoms with E-state index in [-0.39, 0.29) is 10.9 Å². The van der Waals surface area contributed by atoms with Crippen molar-refractivity contribution in [2.45, 2.75) is 26.7 Å². The second kappa shape index (κ2) is 5.82. The van der Waals surface area contributed by atoms with Crippen molar-refractivity contribution < 1.29 is 14.8 Å². The number of nitrogens with one attached hydrogen (secondary N) is 1. The zero-order chi connectivity index (χ0) is 15.6. The van der Waals surface area contributed by atoms with Crippen LogP contribution < -0.4 is 10.3 Å². The number of fused-ring (bicyclic) bond motifs is 1. The number of aromatic nitrogens is 1. The van der Waals surface area contributed by atoms with Gasteiger partial charge in [0.2, 0.25) is 5.75 Å². The summed E-state index contributed by atoms with van der Waals surface area (Å²) < 4.78 is 5.47. The van der Waals surface area contributed by atoms with Crippen LogP contribution in [0.25, 0.3) is 10.9 Å². The largest absolute Gasteiger partial charge is 0.501 e. The average molecular weight is 292 g/mol. The normalized spacial score (nSPS) is 10.8. The average Bonchev–Trinajstić information content (AvgIpc) is 2.40. The molecule has 1 heterocycles. The third kappa shape index (κ3) is 2.67. The maximum Gasteiger partial charge on any atom is 0.375 e. The summed E-state index contributed by atoms with van der Waals surface area (Å²) in [5, 5.41) is 21.2. The first-order valence-electron chi connectivity index (χ1n) is 6.68. The SMILES string of the molecule is CCCc1cc(OCC)c2[nH]c(=O)c([N+](=O)[O-])c(O)c2c1. The molecule has 0 bridgehead atoms. The van der Waals surface area contributed by atoms with E-state index in [4.69, 9.17) is 4.74 Å². The first kappa shape index (κ1) is 14.8. The molecule has 1 aromatic heterocycles. The number of nitro groups is 1. The topological polar surface area (TPSA) is 105 Å². The molecule has 0 unspecified atom stereocenters. The van der Waals surface area contributed by atoms with Crippen molar-refractivity contribution in [2.75, 3.05) is 6.61 Å². The van der Waals surface area contributed by atoms with Crippen molar-refractivity contribution >= 4 is 16.6 Å². The number of rotatable bonds is 5. The van der Waals surface area contributed by atoms with Crippen molar-refractivity contribution in [2.24, 2.45) is 0 Å². The third-order valence-electron chi connectivity index (χ3n) is 3.12. The highest BCUT2D eigenvalue weighted by atomic mass is 16.6. The number of nitrogens with zero attached hydrogens (tertiary/aromatic N) is 1. The van der Waals surface area contributed by atoms with Crippen LogP contribution in [0, 0.1) is 10.1 Å². The fourth-order valence-corrected chi connectivity index (χ4v) is 2.27. The molecule has 2 rings (SSSR count). The summed E-state index contributed by atoms with van der Waals surface area (Å²) in [4.78, 5) is 24.2. The zero-order valence-corrected chi connectivity index (χ0v) is 11.8. The molecular formula is C14H16N2O5. The van der Waals surface area contributed by atoms with E-state index in [1.54, 1.807) is 19.1 Å². The van der Waals surface area contributed by atoms with Crippen molar-refractivity contribution in [3.63, 3.8) is 0 Å². The van der Waals surface area contributed by atoms with Gasteiger partial charge >= 0.3 is 11.2 Å². The Morgan fingerprint density at radius 1 is 1.38 bits per heavy atom. The Morgan fingerprint density at radius 2 is 2.10 bits per heavy atom. The minimum absolute atomic E-state index is 0.218. The van der Waals surface area contributed by atoms with Crippen LogP contribution in [0.15, 0.2) is 16.9 Å². The molecule has 0 aliphatic rings. The lowest BCUT2D eigenvalue weighted by Crippen LogP contribution is -2.12. The number of aromatic hydroxyl groups is 1. The van der Waals surface area contributed by atoms with Gasteiger partial charge in [-0.1, -0.05) is 13.3 Å². The van der Waals surface area contributed by atoms with Crippen LogP contribution >= 0.6 is 0 Å². The lowest BCUT2D eigenvalue weighted by Gasteiger charge is -2.11. The summed E-state index contributed by atoms with van der Waals surface area (Å²) in [6.07, 6.45) is 1.62. The predicted octanol–water partition coefficient (Wildman–Crippen LogP) is 2.49. The molecule has 0 saturated heterocycles. The summed E-state index contributed by atoms with van der Waals surface area (Å²) in [6, 6.07) is 3.41. The van der Waals surface area contributed by atoms with Gasteiger partial charge in [-0.15, -0.1) is 0 Å². The Morgan fingerprint density at radius 3 is 2.67 bits per heavy atom. The molecule has 0 aliphatic carbocycles. The van der Waals surface area contributed by atoms with Crippen molar-refractivity contribution in [1.82, 2.24) is 4.98 Å². The molecule has 0 aliphatic heterocycles. The van der Waals surface area contributed by atoms with Gasteiger partial charge in [0.15, 0.2) is 0 Å². The molecule has 7 nitrogen and oxygen atoms in total. The van der Waals surface area contributed by atoms with Crippen LogP contribution in [0.4, 0.5) is 5.69 Å². The van der Waals surface area contributed by atoms with Gasteiger partial charge in [-0.05, 0) is 31.0 Å². The number of benzene rings is 1. The first-order chi connectivity index (χ1) is 9.99. The molecule has 0 fully saturated rings. The molecule has 2 aromatic rings. The highest BCUT2D eigenvalue weighted by molar-refractivity contribution is 5.92. The van der Waals surface area contributed by atoms with E-state index in [1.807, 2.05) is 6.92 Å². The molecule has 0 spiro atoms. The smallest absolute Gasteiger partial charge is 0.375 e. The minimum Gasteiger partial charge on any atom is -0.501 e. The number of H-pyrrole nitrogens is 1. The van der Waals surface area contributed by atoms with Crippen LogP contribution in [0.2, 0.25) is 0 Å². The number of hydrogen-bond acceptors (Lipinski definition) is 5. The molecule has 2 N–H and O–H groups in total. The van der Waals surface area contributed by atoms with E-state index in [2.05, 4.69) is 4.98 Å². The van der Waals surface area contributed by atoms with Crippen molar-refractivity contribution in [1.29, 1.82) is 0 Å². The van der Waals surface area contributed by atoms with Crippen LogP contribution in [0.1, 0.15) is 25.8 Å². The Kier molecular flexibility index (Phi) is 4.11. The number of aromatic amines is 1. The Hall–Kier alpha value is -2.57. The molecule has 112 valence electrons. The Balaban J connectivity index is 2.84. The number of ether oxygens (including phenoxy) is 1. The molecule has 21 heavy (non-hydrogen) atoms. The lowest BCUT2D eigenvalue weighted by atomic mass is 10.0. The maximum absolute atomic E-state index is 11.7. The van der Waals surface area contributed by atoms with Gasteiger partial charge in [-0.2, -0.15) is 0 Å². The summed E-state index contributed by atoms with van der Waals surface area (Å²) in [5.41, 5.74) is -0.650. The summed E-state index contributed by atoms with van der Waals surface area (Å²) in [7, 11) is 0. The number of hydrogen-bond donors (Lipinski definition) is 2. The van der Waals surface area contributed by atoms with Crippen LogP contribution in [-0.4, -0.2) is 21.6 Å².